The monoisotopic (exact) mass is 370 g/mol. The fraction of sp³-hybridized carbons (Fsp3) is 0.333. The maximum absolute atomic E-state index is 12.7. The van der Waals surface area contributed by atoms with Gasteiger partial charge in [-0.15, -0.1) is 0 Å². The average Bonchev–Trinajstić information content (AvgIpc) is 3.37. The number of carbonyl (C=O) groups excluding carboxylic acids is 1. The molecule has 0 bridgehead atoms. The Labute approximate surface area is 156 Å². The summed E-state index contributed by atoms with van der Waals surface area (Å²) in [6.45, 7) is 0. The zero-order chi connectivity index (χ0) is 17.9. The number of aromatic nitrogens is 5. The van der Waals surface area contributed by atoms with E-state index < -0.39 is 0 Å². The lowest BCUT2D eigenvalue weighted by Gasteiger charge is -2.29. The van der Waals surface area contributed by atoms with Crippen LogP contribution in [0.4, 0.5) is 0 Å². The van der Waals surface area contributed by atoms with E-state index in [1.54, 1.807) is 35.7 Å². The molecular weight excluding hydrogens is 352 g/mol. The van der Waals surface area contributed by atoms with E-state index in [4.69, 9.17) is 11.6 Å². The Kier molecular flexibility index (Phi) is 4.71. The molecule has 1 N–H and O–H groups in total. The molecule has 0 spiro atoms. The first-order valence-electron chi connectivity index (χ1n) is 8.65. The first-order valence-corrected chi connectivity index (χ1v) is 9.03. The van der Waals surface area contributed by atoms with Crippen molar-refractivity contribution >= 4 is 17.5 Å². The van der Waals surface area contributed by atoms with Crippen LogP contribution in [0.5, 0.6) is 0 Å². The quantitative estimate of drug-likeness (QED) is 0.765. The van der Waals surface area contributed by atoms with E-state index in [0.717, 1.165) is 31.4 Å². The van der Waals surface area contributed by atoms with Crippen LogP contribution >= 0.6 is 11.6 Å². The Bertz CT molecular complexity index is 869. The normalized spacial score (nSPS) is 20.0. The van der Waals surface area contributed by atoms with Crippen molar-refractivity contribution in [3.63, 3.8) is 0 Å². The van der Waals surface area contributed by atoms with Crippen LogP contribution in [-0.4, -0.2) is 36.5 Å². The van der Waals surface area contributed by atoms with E-state index in [2.05, 4.69) is 20.5 Å². The minimum Gasteiger partial charge on any atom is -0.349 e. The third-order valence-electron chi connectivity index (χ3n) is 4.81. The Balaban J connectivity index is 1.42. The van der Waals surface area contributed by atoms with Gasteiger partial charge in [-0.1, -0.05) is 11.6 Å². The SMILES string of the molecule is O=C(NC1CCC(n2cncn2)CC1)c1cc(-n2cccn2)ccc1Cl. The Morgan fingerprint density at radius 3 is 2.73 bits per heavy atom. The molecule has 2 aromatic heterocycles. The minimum atomic E-state index is -0.145. The standard InChI is InChI=1S/C18H19ClN6O/c19-17-7-6-15(24-9-1-8-21-24)10-16(17)18(26)23-13-2-4-14(5-3-13)25-12-20-11-22-25/h1,6-14H,2-5H2,(H,23,26). The molecule has 0 aliphatic heterocycles. The zero-order valence-electron chi connectivity index (χ0n) is 14.1. The van der Waals surface area contributed by atoms with Crippen LogP contribution in [0.1, 0.15) is 42.1 Å². The summed E-state index contributed by atoms with van der Waals surface area (Å²) in [5.74, 6) is -0.145. The van der Waals surface area contributed by atoms with Gasteiger partial charge in [-0.3, -0.25) is 4.79 Å². The molecule has 1 aromatic carbocycles. The molecule has 8 heteroatoms. The number of hydrogen-bond acceptors (Lipinski definition) is 4. The molecule has 1 saturated carbocycles. The summed E-state index contributed by atoms with van der Waals surface area (Å²) in [5.41, 5.74) is 1.28. The van der Waals surface area contributed by atoms with E-state index in [-0.39, 0.29) is 11.9 Å². The lowest BCUT2D eigenvalue weighted by molar-refractivity contribution is 0.0922. The van der Waals surface area contributed by atoms with Crippen molar-refractivity contribution in [3.05, 3.63) is 59.9 Å². The fourth-order valence-electron chi connectivity index (χ4n) is 3.41. The highest BCUT2D eigenvalue weighted by molar-refractivity contribution is 6.33. The molecule has 26 heavy (non-hydrogen) atoms. The van der Waals surface area contributed by atoms with Gasteiger partial charge in [0.05, 0.1) is 22.3 Å². The fourth-order valence-corrected chi connectivity index (χ4v) is 3.61. The Morgan fingerprint density at radius 1 is 1.19 bits per heavy atom. The highest BCUT2D eigenvalue weighted by atomic mass is 35.5. The predicted molar refractivity (Wildman–Crippen MR) is 97.4 cm³/mol. The molecule has 2 heterocycles. The summed E-state index contributed by atoms with van der Waals surface area (Å²) in [7, 11) is 0. The molecule has 1 fully saturated rings. The predicted octanol–water partition coefficient (Wildman–Crippen LogP) is 3.03. The number of nitrogens with one attached hydrogen (secondary N) is 1. The van der Waals surface area contributed by atoms with Crippen LogP contribution in [0.3, 0.4) is 0 Å². The van der Waals surface area contributed by atoms with E-state index in [1.165, 1.54) is 0 Å². The van der Waals surface area contributed by atoms with Gasteiger partial charge in [-0.05, 0) is 49.9 Å². The smallest absolute Gasteiger partial charge is 0.253 e. The Morgan fingerprint density at radius 2 is 2.04 bits per heavy atom. The summed E-state index contributed by atoms with van der Waals surface area (Å²) in [4.78, 5) is 16.7. The minimum absolute atomic E-state index is 0.145. The van der Waals surface area contributed by atoms with E-state index >= 15 is 0 Å². The highest BCUT2D eigenvalue weighted by Crippen LogP contribution is 2.28. The van der Waals surface area contributed by atoms with E-state index in [1.807, 2.05) is 23.0 Å². The number of amides is 1. The number of carbonyl (C=O) groups is 1. The molecule has 0 atom stereocenters. The number of hydrogen-bond donors (Lipinski definition) is 1. The van der Waals surface area contributed by atoms with Crippen molar-refractivity contribution in [2.24, 2.45) is 0 Å². The highest BCUT2D eigenvalue weighted by Gasteiger charge is 2.25. The van der Waals surface area contributed by atoms with Gasteiger partial charge in [-0.25, -0.2) is 14.3 Å². The second kappa shape index (κ2) is 7.29. The third kappa shape index (κ3) is 3.48. The van der Waals surface area contributed by atoms with Crippen molar-refractivity contribution in [1.29, 1.82) is 0 Å². The largest absolute Gasteiger partial charge is 0.349 e. The molecule has 0 radical (unpaired) electrons. The average molecular weight is 371 g/mol. The molecule has 1 amide bonds. The number of benzene rings is 1. The van der Waals surface area contributed by atoms with Gasteiger partial charge in [0.15, 0.2) is 0 Å². The van der Waals surface area contributed by atoms with Gasteiger partial charge in [-0.2, -0.15) is 10.2 Å². The number of rotatable bonds is 4. The van der Waals surface area contributed by atoms with Gasteiger partial charge < -0.3 is 5.32 Å². The molecule has 0 unspecified atom stereocenters. The maximum atomic E-state index is 12.7. The maximum Gasteiger partial charge on any atom is 0.253 e. The number of nitrogens with zero attached hydrogens (tertiary/aromatic N) is 5. The van der Waals surface area contributed by atoms with Crippen LogP contribution in [0.2, 0.25) is 5.02 Å². The second-order valence-electron chi connectivity index (χ2n) is 6.47. The molecule has 3 aromatic rings. The molecule has 1 aliphatic rings. The molecule has 7 nitrogen and oxygen atoms in total. The van der Waals surface area contributed by atoms with Crippen LogP contribution in [0.15, 0.2) is 49.3 Å². The van der Waals surface area contributed by atoms with Gasteiger partial charge in [0.25, 0.3) is 5.91 Å². The second-order valence-corrected chi connectivity index (χ2v) is 6.88. The summed E-state index contributed by atoms with van der Waals surface area (Å²) < 4.78 is 3.61. The first-order chi connectivity index (χ1) is 12.7. The van der Waals surface area contributed by atoms with E-state index in [9.17, 15) is 4.79 Å². The van der Waals surface area contributed by atoms with Gasteiger partial charge >= 0.3 is 0 Å². The van der Waals surface area contributed by atoms with Gasteiger partial charge in [0.1, 0.15) is 12.7 Å². The molecule has 1 aliphatic carbocycles. The number of halogens is 1. The third-order valence-corrected chi connectivity index (χ3v) is 5.14. The van der Waals surface area contributed by atoms with E-state index in [0.29, 0.717) is 16.6 Å². The molecule has 134 valence electrons. The summed E-state index contributed by atoms with van der Waals surface area (Å²) in [6.07, 6.45) is 10.6. The lowest BCUT2D eigenvalue weighted by atomic mass is 9.91. The Hall–Kier alpha value is -2.67. The van der Waals surface area contributed by atoms with Gasteiger partial charge in [0, 0.05) is 18.4 Å². The molecule has 0 saturated heterocycles. The first kappa shape index (κ1) is 16.8. The van der Waals surface area contributed by atoms with Crippen LogP contribution in [0.25, 0.3) is 5.69 Å². The van der Waals surface area contributed by atoms with Crippen molar-refractivity contribution in [2.75, 3.05) is 0 Å². The van der Waals surface area contributed by atoms with Crippen LogP contribution in [-0.2, 0) is 0 Å². The van der Waals surface area contributed by atoms with Crippen molar-refractivity contribution in [3.8, 4) is 5.69 Å². The summed E-state index contributed by atoms with van der Waals surface area (Å²) in [6, 6.07) is 7.68. The van der Waals surface area contributed by atoms with Crippen LogP contribution < -0.4 is 5.32 Å². The van der Waals surface area contributed by atoms with Crippen molar-refractivity contribution in [1.82, 2.24) is 29.9 Å². The van der Waals surface area contributed by atoms with Crippen LogP contribution in [0, 0.1) is 0 Å². The van der Waals surface area contributed by atoms with Crippen molar-refractivity contribution < 1.29 is 4.79 Å². The van der Waals surface area contributed by atoms with Crippen molar-refractivity contribution in [2.45, 2.75) is 37.8 Å². The van der Waals surface area contributed by atoms with Gasteiger partial charge in [0.2, 0.25) is 0 Å². The zero-order valence-corrected chi connectivity index (χ0v) is 14.9. The summed E-state index contributed by atoms with van der Waals surface area (Å²) >= 11 is 6.25. The molecule has 4 rings (SSSR count). The topological polar surface area (TPSA) is 77.6 Å². The molecular formula is C18H19ClN6O. The summed E-state index contributed by atoms with van der Waals surface area (Å²) in [5, 5.41) is 12.0. The lowest BCUT2D eigenvalue weighted by Crippen LogP contribution is -2.38.